The number of anilines is 1. The van der Waals surface area contributed by atoms with Gasteiger partial charge in [-0.1, -0.05) is 48.5 Å². The second kappa shape index (κ2) is 11.7. The predicted octanol–water partition coefficient (Wildman–Crippen LogP) is 6.79. The van der Waals surface area contributed by atoms with Crippen LogP contribution in [0.5, 0.6) is 11.5 Å². The lowest BCUT2D eigenvalue weighted by Gasteiger charge is -2.15. The van der Waals surface area contributed by atoms with Crippen molar-refractivity contribution in [1.82, 2.24) is 0 Å². The summed E-state index contributed by atoms with van der Waals surface area (Å²) in [5.41, 5.74) is 1.78. The second-order valence-electron chi connectivity index (χ2n) is 8.36. The highest BCUT2D eigenvalue weighted by atomic mass is 127. The van der Waals surface area contributed by atoms with Crippen LogP contribution in [0.2, 0.25) is 0 Å². The molecular weight excluding hydrogens is 597 g/mol. The average molecular weight is 619 g/mol. The number of hydrogen-bond donors (Lipinski definition) is 1. The van der Waals surface area contributed by atoms with Gasteiger partial charge in [-0.3, -0.25) is 14.9 Å². The molecule has 0 saturated carbocycles. The number of nitro benzene ring substituents is 1. The molecule has 0 atom stereocenters. The zero-order valence-corrected chi connectivity index (χ0v) is 22.7. The van der Waals surface area contributed by atoms with E-state index >= 15 is 0 Å². The minimum Gasteiger partial charge on any atom is -0.493 e. The van der Waals surface area contributed by atoms with Gasteiger partial charge in [0.1, 0.15) is 23.9 Å². The summed E-state index contributed by atoms with van der Waals surface area (Å²) in [6.45, 7) is 2.04. The summed E-state index contributed by atoms with van der Waals surface area (Å²) in [5, 5.41) is 25.7. The molecule has 4 aromatic rings. The number of ether oxygens (including phenoxy) is 2. The summed E-state index contributed by atoms with van der Waals surface area (Å²) in [6, 6.07) is 23.8. The number of aryl methyl sites for hydroxylation is 1. The van der Waals surface area contributed by atoms with Crippen molar-refractivity contribution in [3.8, 4) is 17.6 Å². The standard InChI is InChI=1S/C29H22IN3O5/c1-18-10-11-25(26(12-18)33(35)36)32-29(34)22(16-31)13-19-14-24(30)28(27(15-19)37-2)38-17-21-8-5-7-20-6-3-4-9-23(20)21/h3-15H,17H2,1-2H3,(H,32,34)/b22-13+. The molecule has 8 nitrogen and oxygen atoms in total. The van der Waals surface area contributed by atoms with Gasteiger partial charge in [-0.15, -0.1) is 0 Å². The maximum atomic E-state index is 12.8. The Hall–Kier alpha value is -4.43. The van der Waals surface area contributed by atoms with E-state index in [1.165, 1.54) is 25.3 Å². The number of nitrogens with one attached hydrogen (secondary N) is 1. The van der Waals surface area contributed by atoms with Crippen LogP contribution in [0, 0.1) is 31.9 Å². The molecular formula is C29H22IN3O5. The van der Waals surface area contributed by atoms with Crippen molar-refractivity contribution in [3.63, 3.8) is 0 Å². The first-order valence-corrected chi connectivity index (χ1v) is 12.5. The number of carbonyl (C=O) groups excluding carboxylic acids is 1. The largest absolute Gasteiger partial charge is 0.493 e. The van der Waals surface area contributed by atoms with Gasteiger partial charge in [0, 0.05) is 6.07 Å². The van der Waals surface area contributed by atoms with Crippen LogP contribution < -0.4 is 14.8 Å². The zero-order valence-electron chi connectivity index (χ0n) is 20.5. The highest BCUT2D eigenvalue weighted by Gasteiger charge is 2.19. The highest BCUT2D eigenvalue weighted by Crippen LogP contribution is 2.36. The predicted molar refractivity (Wildman–Crippen MR) is 154 cm³/mol. The summed E-state index contributed by atoms with van der Waals surface area (Å²) in [7, 11) is 1.51. The van der Waals surface area contributed by atoms with E-state index in [4.69, 9.17) is 9.47 Å². The maximum Gasteiger partial charge on any atom is 0.293 e. The molecule has 0 saturated heterocycles. The summed E-state index contributed by atoms with van der Waals surface area (Å²) in [4.78, 5) is 23.6. The van der Waals surface area contributed by atoms with Crippen LogP contribution in [0.3, 0.4) is 0 Å². The van der Waals surface area contributed by atoms with Crippen molar-refractivity contribution in [3.05, 3.63) is 109 Å². The molecule has 190 valence electrons. The number of rotatable bonds is 8. The molecule has 38 heavy (non-hydrogen) atoms. The first-order chi connectivity index (χ1) is 18.3. The Kier molecular flexibility index (Phi) is 8.23. The fourth-order valence-corrected chi connectivity index (χ4v) is 4.72. The number of nitriles is 1. The molecule has 0 fully saturated rings. The molecule has 0 bridgehead atoms. The lowest BCUT2D eigenvalue weighted by atomic mass is 10.1. The number of fused-ring (bicyclic) bond motifs is 1. The SMILES string of the molecule is COc1cc(/C=C(\C#N)C(=O)Nc2ccc(C)cc2[N+](=O)[O-])cc(I)c1OCc1cccc2ccccc12. The molecule has 0 radical (unpaired) electrons. The third-order valence-corrected chi connectivity index (χ3v) is 6.58. The fraction of sp³-hybridized carbons (Fsp3) is 0.103. The van der Waals surface area contributed by atoms with E-state index < -0.39 is 10.8 Å². The Labute approximate surface area is 232 Å². The van der Waals surface area contributed by atoms with E-state index in [2.05, 4.69) is 27.9 Å². The van der Waals surface area contributed by atoms with E-state index in [0.29, 0.717) is 29.2 Å². The monoisotopic (exact) mass is 619 g/mol. The van der Waals surface area contributed by atoms with E-state index in [0.717, 1.165) is 19.9 Å². The molecule has 0 aliphatic carbocycles. The number of hydrogen-bond acceptors (Lipinski definition) is 6. The van der Waals surface area contributed by atoms with E-state index in [1.54, 1.807) is 25.1 Å². The molecule has 0 spiro atoms. The number of nitrogens with zero attached hydrogens (tertiary/aromatic N) is 2. The van der Waals surface area contributed by atoms with Gasteiger partial charge in [0.05, 0.1) is 15.6 Å². The lowest BCUT2D eigenvalue weighted by Crippen LogP contribution is -2.14. The van der Waals surface area contributed by atoms with Gasteiger partial charge >= 0.3 is 0 Å². The minimum atomic E-state index is -0.760. The summed E-state index contributed by atoms with van der Waals surface area (Å²) in [5.74, 6) is 0.219. The zero-order chi connectivity index (χ0) is 27.2. The molecule has 4 aromatic carbocycles. The van der Waals surface area contributed by atoms with Crippen molar-refractivity contribution >= 4 is 56.7 Å². The number of amides is 1. The summed E-state index contributed by atoms with van der Waals surface area (Å²) in [6.07, 6.45) is 1.40. The van der Waals surface area contributed by atoms with Crippen molar-refractivity contribution in [2.45, 2.75) is 13.5 Å². The number of halogens is 1. The minimum absolute atomic E-state index is 0.0103. The smallest absolute Gasteiger partial charge is 0.293 e. The third-order valence-electron chi connectivity index (χ3n) is 5.78. The van der Waals surface area contributed by atoms with Gasteiger partial charge in [-0.05, 0) is 81.3 Å². The fourth-order valence-electron chi connectivity index (χ4n) is 3.93. The molecule has 1 N–H and O–H groups in total. The van der Waals surface area contributed by atoms with E-state index in [9.17, 15) is 20.2 Å². The van der Waals surface area contributed by atoms with Crippen LogP contribution in [-0.4, -0.2) is 17.9 Å². The van der Waals surface area contributed by atoms with E-state index in [1.807, 2.05) is 48.5 Å². The van der Waals surface area contributed by atoms with Crippen LogP contribution in [0.4, 0.5) is 11.4 Å². The van der Waals surface area contributed by atoms with Crippen molar-refractivity contribution < 1.29 is 19.2 Å². The van der Waals surface area contributed by atoms with Crippen LogP contribution in [-0.2, 0) is 11.4 Å². The molecule has 0 aliphatic heterocycles. The molecule has 1 amide bonds. The van der Waals surface area contributed by atoms with Crippen LogP contribution in [0.15, 0.2) is 78.4 Å². The Morgan fingerprint density at radius 3 is 2.63 bits per heavy atom. The summed E-state index contributed by atoms with van der Waals surface area (Å²) < 4.78 is 12.4. The van der Waals surface area contributed by atoms with Crippen LogP contribution in [0.1, 0.15) is 16.7 Å². The van der Waals surface area contributed by atoms with Gasteiger partial charge in [0.2, 0.25) is 0 Å². The molecule has 0 heterocycles. The first kappa shape index (κ1) is 26.6. The Morgan fingerprint density at radius 1 is 1.13 bits per heavy atom. The number of carbonyl (C=O) groups is 1. The summed E-state index contributed by atoms with van der Waals surface area (Å²) >= 11 is 2.11. The number of benzene rings is 4. The Morgan fingerprint density at radius 2 is 1.89 bits per heavy atom. The van der Waals surface area contributed by atoms with Crippen LogP contribution in [0.25, 0.3) is 16.8 Å². The normalized spacial score (nSPS) is 11.1. The van der Waals surface area contributed by atoms with Gasteiger partial charge in [0.25, 0.3) is 11.6 Å². The van der Waals surface area contributed by atoms with Gasteiger partial charge in [0.15, 0.2) is 11.5 Å². The first-order valence-electron chi connectivity index (χ1n) is 11.5. The Balaban J connectivity index is 1.58. The molecule has 9 heteroatoms. The Bertz CT molecular complexity index is 1620. The third kappa shape index (κ3) is 5.92. The van der Waals surface area contributed by atoms with Gasteiger partial charge < -0.3 is 14.8 Å². The lowest BCUT2D eigenvalue weighted by molar-refractivity contribution is -0.384. The quantitative estimate of drug-likeness (QED) is 0.0764. The van der Waals surface area contributed by atoms with Crippen LogP contribution >= 0.6 is 22.6 Å². The molecule has 4 rings (SSSR count). The number of nitro groups is 1. The van der Waals surface area contributed by atoms with Crippen molar-refractivity contribution in [2.75, 3.05) is 12.4 Å². The molecule has 0 aliphatic rings. The van der Waals surface area contributed by atoms with E-state index in [-0.39, 0.29) is 16.9 Å². The topological polar surface area (TPSA) is 114 Å². The van der Waals surface area contributed by atoms with Gasteiger partial charge in [-0.25, -0.2) is 0 Å². The maximum absolute atomic E-state index is 12.8. The molecule has 0 unspecified atom stereocenters. The second-order valence-corrected chi connectivity index (χ2v) is 9.52. The molecule has 0 aromatic heterocycles. The van der Waals surface area contributed by atoms with Crippen molar-refractivity contribution in [1.29, 1.82) is 5.26 Å². The van der Waals surface area contributed by atoms with Crippen molar-refractivity contribution in [2.24, 2.45) is 0 Å². The highest BCUT2D eigenvalue weighted by molar-refractivity contribution is 14.1. The number of methoxy groups -OCH3 is 1. The van der Waals surface area contributed by atoms with Gasteiger partial charge in [-0.2, -0.15) is 5.26 Å². The average Bonchev–Trinajstić information content (AvgIpc) is 2.91.